The summed E-state index contributed by atoms with van der Waals surface area (Å²) in [6, 6.07) is 7.83. The van der Waals surface area contributed by atoms with Crippen LogP contribution in [0.2, 0.25) is 0 Å². The highest BCUT2D eigenvalue weighted by atomic mass is 79.9. The van der Waals surface area contributed by atoms with Crippen LogP contribution in [0, 0.1) is 4.77 Å². The Balaban J connectivity index is 2.17. The lowest BCUT2D eigenvalue weighted by Gasteiger charge is -2.01. The summed E-state index contributed by atoms with van der Waals surface area (Å²) in [5.74, 6) is 0.780. The van der Waals surface area contributed by atoms with Crippen molar-refractivity contribution in [2.24, 2.45) is 0 Å². The summed E-state index contributed by atoms with van der Waals surface area (Å²) in [5.41, 5.74) is 2.05. The average Bonchev–Trinajstić information content (AvgIpc) is 2.90. The summed E-state index contributed by atoms with van der Waals surface area (Å²) in [7, 11) is 0. The van der Waals surface area contributed by atoms with Gasteiger partial charge in [-0.05, 0) is 30.4 Å². The Morgan fingerprint density at radius 1 is 1.41 bits per heavy atom. The second kappa shape index (κ2) is 4.12. The highest BCUT2D eigenvalue weighted by molar-refractivity contribution is 9.10. The minimum atomic E-state index is 0.579. The van der Waals surface area contributed by atoms with Gasteiger partial charge in [0.15, 0.2) is 10.5 Å². The fraction of sp³-hybridized carbons (Fsp3) is 0.0909. The lowest BCUT2D eigenvalue weighted by molar-refractivity contribution is 0.377. The summed E-state index contributed by atoms with van der Waals surface area (Å²) < 4.78 is 8.77. The number of hydrogen-bond acceptors (Lipinski definition) is 3. The Kier molecular flexibility index (Phi) is 2.60. The van der Waals surface area contributed by atoms with Gasteiger partial charge in [0.25, 0.3) is 0 Å². The Morgan fingerprint density at radius 2 is 2.29 bits per heavy atom. The van der Waals surface area contributed by atoms with Crippen molar-refractivity contribution < 1.29 is 4.52 Å². The van der Waals surface area contributed by atoms with Crippen LogP contribution in [-0.4, -0.2) is 14.7 Å². The molecule has 2 aromatic heterocycles. The van der Waals surface area contributed by atoms with Crippen LogP contribution in [0.25, 0.3) is 11.0 Å². The molecule has 0 aliphatic heterocycles. The Bertz CT molecular complexity index is 714. The molecule has 4 nitrogen and oxygen atoms in total. The molecule has 0 aliphatic rings. The maximum atomic E-state index is 5.30. The molecule has 3 rings (SSSR count). The second-order valence-electron chi connectivity index (χ2n) is 3.66. The standard InChI is InChI=1S/C11H8BrN3OS/c12-7-1-2-9-10(5-7)15(11(17)14-9)6-8-3-4-13-16-8/h1-5H,6H2,(H,14,17). The van der Waals surface area contributed by atoms with Gasteiger partial charge >= 0.3 is 0 Å². The van der Waals surface area contributed by atoms with Crippen molar-refractivity contribution in [3.05, 3.63) is 45.5 Å². The van der Waals surface area contributed by atoms with Crippen molar-refractivity contribution >= 4 is 39.2 Å². The number of fused-ring (bicyclic) bond motifs is 1. The van der Waals surface area contributed by atoms with Crippen molar-refractivity contribution in [3.63, 3.8) is 0 Å². The van der Waals surface area contributed by atoms with Crippen LogP contribution in [0.1, 0.15) is 5.76 Å². The molecule has 0 spiro atoms. The lowest BCUT2D eigenvalue weighted by atomic mass is 10.3. The van der Waals surface area contributed by atoms with E-state index in [0.717, 1.165) is 21.3 Å². The first kappa shape index (κ1) is 10.7. The first-order valence-corrected chi connectivity index (χ1v) is 6.22. The third-order valence-electron chi connectivity index (χ3n) is 2.54. The molecule has 1 N–H and O–H groups in total. The zero-order chi connectivity index (χ0) is 11.8. The number of benzene rings is 1. The van der Waals surface area contributed by atoms with Gasteiger partial charge in [-0.3, -0.25) is 0 Å². The topological polar surface area (TPSA) is 46.8 Å². The van der Waals surface area contributed by atoms with Gasteiger partial charge in [-0.25, -0.2) is 0 Å². The highest BCUT2D eigenvalue weighted by Gasteiger charge is 2.07. The number of hydrogen-bond donors (Lipinski definition) is 1. The SMILES string of the molecule is S=c1[nH]c2ccc(Br)cc2n1Cc1ccno1. The largest absolute Gasteiger partial charge is 0.359 e. The second-order valence-corrected chi connectivity index (χ2v) is 4.96. The molecule has 0 bridgehead atoms. The predicted molar refractivity (Wildman–Crippen MR) is 70.4 cm³/mol. The van der Waals surface area contributed by atoms with Crippen LogP contribution in [0.3, 0.4) is 0 Å². The van der Waals surface area contributed by atoms with Crippen LogP contribution in [0.15, 0.2) is 39.5 Å². The van der Waals surface area contributed by atoms with Gasteiger partial charge in [-0.1, -0.05) is 21.1 Å². The lowest BCUT2D eigenvalue weighted by Crippen LogP contribution is -1.98. The molecular formula is C11H8BrN3OS. The van der Waals surface area contributed by atoms with E-state index < -0.39 is 0 Å². The summed E-state index contributed by atoms with van der Waals surface area (Å²) in [4.78, 5) is 3.16. The van der Waals surface area contributed by atoms with E-state index in [1.807, 2.05) is 28.8 Å². The van der Waals surface area contributed by atoms with Crippen molar-refractivity contribution in [1.29, 1.82) is 0 Å². The van der Waals surface area contributed by atoms with E-state index >= 15 is 0 Å². The summed E-state index contributed by atoms with van der Waals surface area (Å²) in [5, 5.41) is 3.69. The minimum absolute atomic E-state index is 0.579. The van der Waals surface area contributed by atoms with Gasteiger partial charge in [0, 0.05) is 10.5 Å². The number of rotatable bonds is 2. The van der Waals surface area contributed by atoms with Crippen LogP contribution >= 0.6 is 28.1 Å². The van der Waals surface area contributed by atoms with E-state index in [9.17, 15) is 0 Å². The number of aromatic nitrogens is 3. The first-order valence-electron chi connectivity index (χ1n) is 5.02. The van der Waals surface area contributed by atoms with Gasteiger partial charge in [-0.15, -0.1) is 0 Å². The van der Waals surface area contributed by atoms with E-state index in [1.165, 1.54) is 0 Å². The fourth-order valence-electron chi connectivity index (χ4n) is 1.76. The van der Waals surface area contributed by atoms with Crippen LogP contribution in [0.4, 0.5) is 0 Å². The summed E-state index contributed by atoms with van der Waals surface area (Å²) in [6.07, 6.45) is 1.63. The van der Waals surface area contributed by atoms with Gasteiger partial charge in [0.1, 0.15) is 0 Å². The van der Waals surface area contributed by atoms with E-state index in [0.29, 0.717) is 11.3 Å². The first-order chi connectivity index (χ1) is 8.24. The van der Waals surface area contributed by atoms with Crippen molar-refractivity contribution in [3.8, 4) is 0 Å². The van der Waals surface area contributed by atoms with Gasteiger partial charge in [0.05, 0.1) is 23.8 Å². The number of nitrogens with zero attached hydrogens (tertiary/aromatic N) is 2. The minimum Gasteiger partial charge on any atom is -0.359 e. The van der Waals surface area contributed by atoms with Gasteiger partial charge in [-0.2, -0.15) is 0 Å². The third-order valence-corrected chi connectivity index (χ3v) is 3.36. The fourth-order valence-corrected chi connectivity index (χ4v) is 2.38. The third kappa shape index (κ3) is 1.94. The molecule has 3 aromatic rings. The average molecular weight is 310 g/mol. The maximum Gasteiger partial charge on any atom is 0.178 e. The van der Waals surface area contributed by atoms with Gasteiger partial charge < -0.3 is 14.1 Å². The van der Waals surface area contributed by atoms with E-state index in [4.69, 9.17) is 16.7 Å². The Morgan fingerprint density at radius 3 is 3.06 bits per heavy atom. The molecule has 0 unspecified atom stereocenters. The van der Waals surface area contributed by atoms with E-state index in [-0.39, 0.29) is 0 Å². The zero-order valence-corrected chi connectivity index (χ0v) is 11.1. The molecule has 86 valence electrons. The zero-order valence-electron chi connectivity index (χ0n) is 8.68. The molecular weight excluding hydrogens is 302 g/mol. The van der Waals surface area contributed by atoms with Crippen LogP contribution in [-0.2, 0) is 6.54 Å². The number of aromatic amines is 1. The molecule has 0 atom stereocenters. The predicted octanol–water partition coefficient (Wildman–Crippen LogP) is 3.50. The number of H-pyrrole nitrogens is 1. The maximum absolute atomic E-state index is 5.30. The smallest absolute Gasteiger partial charge is 0.178 e. The molecule has 0 amide bonds. The highest BCUT2D eigenvalue weighted by Crippen LogP contribution is 2.20. The van der Waals surface area contributed by atoms with Crippen molar-refractivity contribution in [2.75, 3.05) is 0 Å². The van der Waals surface area contributed by atoms with Gasteiger partial charge in [0.2, 0.25) is 0 Å². The van der Waals surface area contributed by atoms with E-state index in [1.54, 1.807) is 6.20 Å². The number of nitrogens with one attached hydrogen (secondary N) is 1. The molecule has 0 saturated heterocycles. The monoisotopic (exact) mass is 309 g/mol. The molecule has 0 radical (unpaired) electrons. The molecule has 2 heterocycles. The number of halogens is 1. The van der Waals surface area contributed by atoms with E-state index in [2.05, 4.69) is 26.1 Å². The molecule has 0 aliphatic carbocycles. The van der Waals surface area contributed by atoms with Crippen molar-refractivity contribution in [2.45, 2.75) is 6.54 Å². The normalized spacial score (nSPS) is 11.1. The van der Waals surface area contributed by atoms with Crippen LogP contribution < -0.4 is 0 Å². The summed E-state index contributed by atoms with van der Waals surface area (Å²) in [6.45, 7) is 0.579. The Hall–Kier alpha value is -1.40. The Labute approximate surface area is 110 Å². The van der Waals surface area contributed by atoms with Crippen molar-refractivity contribution in [1.82, 2.24) is 14.7 Å². The summed E-state index contributed by atoms with van der Waals surface area (Å²) >= 11 is 8.76. The quantitative estimate of drug-likeness (QED) is 0.737. The molecule has 0 saturated carbocycles. The molecule has 0 fully saturated rings. The number of imidazole rings is 1. The van der Waals surface area contributed by atoms with Crippen LogP contribution in [0.5, 0.6) is 0 Å². The molecule has 1 aromatic carbocycles. The molecule has 6 heteroatoms. The molecule has 17 heavy (non-hydrogen) atoms.